The van der Waals surface area contributed by atoms with Gasteiger partial charge >= 0.3 is 0 Å². The van der Waals surface area contributed by atoms with Gasteiger partial charge in [0.05, 0.1) is 5.69 Å². The molecule has 0 fully saturated rings. The fourth-order valence-electron chi connectivity index (χ4n) is 3.26. The molecule has 1 aliphatic heterocycles. The van der Waals surface area contributed by atoms with Crippen molar-refractivity contribution >= 4 is 23.2 Å². The lowest BCUT2D eigenvalue weighted by Crippen LogP contribution is -2.39. The third-order valence-corrected chi connectivity index (χ3v) is 4.86. The zero-order valence-electron chi connectivity index (χ0n) is 17.5. The molecule has 0 bridgehead atoms. The fourth-order valence-corrected chi connectivity index (χ4v) is 3.26. The molecule has 1 heterocycles. The minimum atomic E-state index is -0.231. The highest BCUT2D eigenvalue weighted by Gasteiger charge is 2.26. The fraction of sp³-hybridized carbons (Fsp3) is 0.348. The molecular formula is C23H28N4O2. The van der Waals surface area contributed by atoms with Crippen LogP contribution in [0.5, 0.6) is 0 Å². The maximum atomic E-state index is 12.6. The second-order valence-electron chi connectivity index (χ2n) is 7.78. The third kappa shape index (κ3) is 5.29. The smallest absolute Gasteiger partial charge is 0.267 e. The van der Waals surface area contributed by atoms with Crippen molar-refractivity contribution < 1.29 is 9.59 Å². The van der Waals surface area contributed by atoms with E-state index in [1.165, 1.54) is 10.6 Å². The van der Waals surface area contributed by atoms with E-state index >= 15 is 0 Å². The molecule has 29 heavy (non-hydrogen) atoms. The first kappa shape index (κ1) is 20.7. The van der Waals surface area contributed by atoms with Crippen LogP contribution in [0.25, 0.3) is 0 Å². The van der Waals surface area contributed by atoms with Gasteiger partial charge in [-0.15, -0.1) is 0 Å². The van der Waals surface area contributed by atoms with Crippen molar-refractivity contribution in [3.63, 3.8) is 0 Å². The van der Waals surface area contributed by atoms with E-state index in [-0.39, 0.29) is 18.2 Å². The molecular weight excluding hydrogens is 364 g/mol. The molecule has 1 aliphatic rings. The number of benzene rings is 2. The molecule has 0 radical (unpaired) electrons. The molecule has 6 nitrogen and oxygen atoms in total. The Labute approximate surface area is 172 Å². The van der Waals surface area contributed by atoms with Crippen molar-refractivity contribution in [3.8, 4) is 0 Å². The predicted octanol–water partition coefficient (Wildman–Crippen LogP) is 3.16. The van der Waals surface area contributed by atoms with Crippen LogP contribution in [-0.4, -0.2) is 36.5 Å². The van der Waals surface area contributed by atoms with E-state index in [2.05, 4.69) is 27.5 Å². The van der Waals surface area contributed by atoms with Gasteiger partial charge in [0.25, 0.3) is 5.91 Å². The standard InChI is InChI=1S/C23H28N4O2/c1-16-5-6-17(2)21(13-16)27-22(28)12-11-20(25-27)23(29)24-14-18-7-9-19(10-8-18)15-26(3)4/h5-10,13H,11-12,14-15H2,1-4H3,(H,24,29). The molecule has 2 amide bonds. The van der Waals surface area contributed by atoms with Gasteiger partial charge in [-0.1, -0.05) is 36.4 Å². The number of hydrazone groups is 1. The van der Waals surface area contributed by atoms with Crippen molar-refractivity contribution in [1.82, 2.24) is 10.2 Å². The third-order valence-electron chi connectivity index (χ3n) is 4.86. The molecule has 0 aromatic heterocycles. The number of anilines is 1. The van der Waals surface area contributed by atoms with Crippen LogP contribution in [0.2, 0.25) is 0 Å². The van der Waals surface area contributed by atoms with Crippen LogP contribution in [0.15, 0.2) is 47.6 Å². The molecule has 0 saturated heterocycles. The topological polar surface area (TPSA) is 65.0 Å². The Morgan fingerprint density at radius 3 is 2.45 bits per heavy atom. The Morgan fingerprint density at radius 2 is 1.76 bits per heavy atom. The summed E-state index contributed by atoms with van der Waals surface area (Å²) in [6.45, 7) is 5.22. The SMILES string of the molecule is Cc1ccc(C)c(N2N=C(C(=O)NCc3ccc(CN(C)C)cc3)CCC2=O)c1. The number of amides is 2. The summed E-state index contributed by atoms with van der Waals surface area (Å²) in [5.74, 6) is -0.322. The zero-order valence-corrected chi connectivity index (χ0v) is 17.5. The first-order chi connectivity index (χ1) is 13.8. The normalized spacial score (nSPS) is 14.2. The molecule has 2 aromatic rings. The summed E-state index contributed by atoms with van der Waals surface area (Å²) in [5.41, 5.74) is 5.37. The minimum absolute atomic E-state index is 0.0910. The summed E-state index contributed by atoms with van der Waals surface area (Å²) in [6, 6.07) is 14.1. The van der Waals surface area contributed by atoms with Gasteiger partial charge in [0.2, 0.25) is 5.91 Å². The molecule has 2 aromatic carbocycles. The first-order valence-corrected chi connectivity index (χ1v) is 9.82. The van der Waals surface area contributed by atoms with Crippen LogP contribution in [0.1, 0.15) is 35.1 Å². The highest BCUT2D eigenvalue weighted by molar-refractivity contribution is 6.40. The Hall–Kier alpha value is -2.99. The number of aryl methyl sites for hydroxylation is 2. The summed E-state index contributed by atoms with van der Waals surface area (Å²) >= 11 is 0. The monoisotopic (exact) mass is 392 g/mol. The van der Waals surface area contributed by atoms with E-state index in [9.17, 15) is 9.59 Å². The largest absolute Gasteiger partial charge is 0.347 e. The Kier molecular flexibility index (Phi) is 6.44. The number of hydrogen-bond donors (Lipinski definition) is 1. The quantitative estimate of drug-likeness (QED) is 0.821. The van der Waals surface area contributed by atoms with Gasteiger partial charge in [-0.25, -0.2) is 5.01 Å². The van der Waals surface area contributed by atoms with Crippen molar-refractivity contribution in [2.24, 2.45) is 5.10 Å². The molecule has 0 spiro atoms. The average Bonchev–Trinajstić information content (AvgIpc) is 2.69. The molecule has 3 rings (SSSR count). The molecule has 0 atom stereocenters. The summed E-state index contributed by atoms with van der Waals surface area (Å²) < 4.78 is 0. The molecule has 0 aliphatic carbocycles. The van der Waals surface area contributed by atoms with Crippen LogP contribution in [0.3, 0.4) is 0 Å². The number of nitrogens with one attached hydrogen (secondary N) is 1. The van der Waals surface area contributed by atoms with Crippen LogP contribution in [0, 0.1) is 13.8 Å². The van der Waals surface area contributed by atoms with Gasteiger partial charge in [0.15, 0.2) is 0 Å². The van der Waals surface area contributed by atoms with Crippen molar-refractivity contribution in [2.45, 2.75) is 39.8 Å². The van der Waals surface area contributed by atoms with E-state index in [1.54, 1.807) is 0 Å². The second-order valence-corrected chi connectivity index (χ2v) is 7.78. The van der Waals surface area contributed by atoms with Crippen LogP contribution in [0.4, 0.5) is 5.69 Å². The van der Waals surface area contributed by atoms with Crippen molar-refractivity contribution in [1.29, 1.82) is 0 Å². The number of carbonyl (C=O) groups excluding carboxylic acids is 2. The first-order valence-electron chi connectivity index (χ1n) is 9.82. The Morgan fingerprint density at radius 1 is 1.07 bits per heavy atom. The summed E-state index contributed by atoms with van der Waals surface area (Å²) in [4.78, 5) is 27.1. The van der Waals surface area contributed by atoms with Crippen molar-refractivity contribution in [2.75, 3.05) is 19.1 Å². The van der Waals surface area contributed by atoms with Gasteiger partial charge in [-0.05, 0) is 56.3 Å². The summed E-state index contributed by atoms with van der Waals surface area (Å²) in [6.07, 6.45) is 0.632. The number of rotatable bonds is 6. The number of hydrogen-bond acceptors (Lipinski definition) is 4. The second kappa shape index (κ2) is 9.01. The lowest BCUT2D eigenvalue weighted by Gasteiger charge is -2.24. The van der Waals surface area contributed by atoms with E-state index in [0.717, 1.165) is 28.9 Å². The van der Waals surface area contributed by atoms with E-state index in [1.807, 2.05) is 58.3 Å². The van der Waals surface area contributed by atoms with E-state index in [0.29, 0.717) is 18.7 Å². The maximum Gasteiger partial charge on any atom is 0.267 e. The van der Waals surface area contributed by atoms with Gasteiger partial charge in [0, 0.05) is 25.9 Å². The highest BCUT2D eigenvalue weighted by atomic mass is 16.2. The molecule has 0 saturated carbocycles. The van der Waals surface area contributed by atoms with Gasteiger partial charge < -0.3 is 10.2 Å². The van der Waals surface area contributed by atoms with Gasteiger partial charge in [0.1, 0.15) is 5.71 Å². The molecule has 152 valence electrons. The van der Waals surface area contributed by atoms with Crippen LogP contribution < -0.4 is 10.3 Å². The maximum absolute atomic E-state index is 12.6. The van der Waals surface area contributed by atoms with Crippen LogP contribution >= 0.6 is 0 Å². The zero-order chi connectivity index (χ0) is 21.0. The molecule has 1 N–H and O–H groups in total. The Bertz CT molecular complexity index is 932. The number of nitrogens with zero attached hydrogens (tertiary/aromatic N) is 3. The molecule has 0 unspecified atom stereocenters. The predicted molar refractivity (Wildman–Crippen MR) is 116 cm³/mol. The lowest BCUT2D eigenvalue weighted by molar-refractivity contribution is -0.119. The van der Waals surface area contributed by atoms with Crippen LogP contribution in [-0.2, 0) is 22.7 Å². The van der Waals surface area contributed by atoms with E-state index in [4.69, 9.17) is 0 Å². The van der Waals surface area contributed by atoms with Crippen molar-refractivity contribution in [3.05, 3.63) is 64.7 Å². The molecule has 6 heteroatoms. The minimum Gasteiger partial charge on any atom is -0.347 e. The average molecular weight is 393 g/mol. The van der Waals surface area contributed by atoms with E-state index < -0.39 is 0 Å². The summed E-state index contributed by atoms with van der Waals surface area (Å²) in [5, 5.41) is 8.67. The Balaban J connectivity index is 1.68. The highest BCUT2D eigenvalue weighted by Crippen LogP contribution is 2.25. The van der Waals surface area contributed by atoms with Gasteiger partial charge in [-0.2, -0.15) is 5.10 Å². The summed E-state index contributed by atoms with van der Waals surface area (Å²) in [7, 11) is 4.07. The van der Waals surface area contributed by atoms with Gasteiger partial charge in [-0.3, -0.25) is 9.59 Å². The number of carbonyl (C=O) groups is 2. The lowest BCUT2D eigenvalue weighted by atomic mass is 10.1.